The number of anilines is 1. The Bertz CT molecular complexity index is 405. The molecule has 0 spiro atoms. The van der Waals surface area contributed by atoms with Gasteiger partial charge in [0.05, 0.1) is 11.9 Å². The van der Waals surface area contributed by atoms with Gasteiger partial charge in [0.1, 0.15) is 0 Å². The third kappa shape index (κ3) is 3.03. The number of aryl methyl sites for hydroxylation is 1. The molecule has 1 fully saturated rings. The summed E-state index contributed by atoms with van der Waals surface area (Å²) < 4.78 is 0. The van der Waals surface area contributed by atoms with E-state index in [0.29, 0.717) is 12.3 Å². The van der Waals surface area contributed by atoms with Gasteiger partial charge in [-0.3, -0.25) is 9.78 Å². The van der Waals surface area contributed by atoms with Crippen molar-refractivity contribution < 1.29 is 4.79 Å². The van der Waals surface area contributed by atoms with Crippen LogP contribution in [-0.4, -0.2) is 16.9 Å². The molecule has 0 saturated heterocycles. The number of hydrogen-bond acceptors (Lipinski definition) is 3. The number of nitrogens with one attached hydrogen (secondary N) is 1. The summed E-state index contributed by atoms with van der Waals surface area (Å²) in [5.41, 5.74) is 7.79. The number of hydrogen-bond donors (Lipinski definition) is 2. The zero-order chi connectivity index (χ0) is 12.3. The number of nitrogens with zero attached hydrogens (tertiary/aromatic N) is 1. The molecule has 0 unspecified atom stereocenters. The Morgan fingerprint density at radius 1 is 1.59 bits per heavy atom. The Morgan fingerprint density at radius 3 is 3.06 bits per heavy atom. The normalized spacial score (nSPS) is 23.6. The van der Waals surface area contributed by atoms with E-state index in [0.717, 1.165) is 30.5 Å². The first-order chi connectivity index (χ1) is 8.16. The highest BCUT2D eigenvalue weighted by Gasteiger charge is 2.26. The molecule has 0 aliphatic heterocycles. The van der Waals surface area contributed by atoms with E-state index in [9.17, 15) is 4.79 Å². The van der Waals surface area contributed by atoms with Crippen LogP contribution in [0.4, 0.5) is 5.69 Å². The molecule has 4 nitrogen and oxygen atoms in total. The summed E-state index contributed by atoms with van der Waals surface area (Å²) in [6.45, 7) is 1.96. The second-order valence-corrected chi connectivity index (χ2v) is 4.80. The highest BCUT2D eigenvalue weighted by molar-refractivity contribution is 5.91. The van der Waals surface area contributed by atoms with E-state index in [2.05, 4.69) is 10.3 Å². The van der Waals surface area contributed by atoms with E-state index in [1.165, 1.54) is 0 Å². The van der Waals surface area contributed by atoms with Gasteiger partial charge in [-0.15, -0.1) is 0 Å². The van der Waals surface area contributed by atoms with E-state index in [4.69, 9.17) is 5.73 Å². The monoisotopic (exact) mass is 233 g/mol. The van der Waals surface area contributed by atoms with Crippen LogP contribution in [0.5, 0.6) is 0 Å². The maximum Gasteiger partial charge on any atom is 0.224 e. The van der Waals surface area contributed by atoms with Gasteiger partial charge in [0.25, 0.3) is 0 Å². The Hall–Kier alpha value is -1.42. The molecule has 1 aromatic heterocycles. The molecule has 1 saturated carbocycles. The van der Waals surface area contributed by atoms with Crippen molar-refractivity contribution in [3.63, 3.8) is 0 Å². The van der Waals surface area contributed by atoms with Gasteiger partial charge >= 0.3 is 0 Å². The van der Waals surface area contributed by atoms with Crippen LogP contribution in [0.15, 0.2) is 18.5 Å². The summed E-state index contributed by atoms with van der Waals surface area (Å²) in [6, 6.07) is 2.08. The van der Waals surface area contributed by atoms with Gasteiger partial charge in [0, 0.05) is 18.7 Å². The third-order valence-electron chi connectivity index (χ3n) is 3.48. The van der Waals surface area contributed by atoms with Crippen molar-refractivity contribution in [2.45, 2.75) is 38.6 Å². The van der Waals surface area contributed by atoms with Gasteiger partial charge in [-0.25, -0.2) is 0 Å². The van der Waals surface area contributed by atoms with Crippen molar-refractivity contribution in [2.24, 2.45) is 11.7 Å². The van der Waals surface area contributed by atoms with Crippen LogP contribution in [0, 0.1) is 12.8 Å². The van der Waals surface area contributed by atoms with E-state index < -0.39 is 0 Å². The van der Waals surface area contributed by atoms with Crippen LogP contribution in [0.1, 0.15) is 31.2 Å². The topological polar surface area (TPSA) is 68.0 Å². The maximum atomic E-state index is 11.9. The first-order valence-corrected chi connectivity index (χ1v) is 6.13. The number of carbonyl (C=O) groups excluding carboxylic acids is 1. The predicted molar refractivity (Wildman–Crippen MR) is 67.5 cm³/mol. The van der Waals surface area contributed by atoms with E-state index >= 15 is 0 Å². The minimum Gasteiger partial charge on any atom is -0.327 e. The van der Waals surface area contributed by atoms with E-state index in [1.54, 1.807) is 12.4 Å². The molecule has 2 rings (SSSR count). The maximum absolute atomic E-state index is 11.9. The molecule has 17 heavy (non-hydrogen) atoms. The zero-order valence-corrected chi connectivity index (χ0v) is 10.1. The van der Waals surface area contributed by atoms with Crippen molar-refractivity contribution in [2.75, 3.05) is 5.32 Å². The van der Waals surface area contributed by atoms with Gasteiger partial charge in [0.15, 0.2) is 0 Å². The van der Waals surface area contributed by atoms with Gasteiger partial charge in [-0.05, 0) is 37.3 Å². The zero-order valence-electron chi connectivity index (χ0n) is 10.1. The fourth-order valence-corrected chi connectivity index (χ4v) is 2.35. The largest absolute Gasteiger partial charge is 0.327 e. The van der Waals surface area contributed by atoms with Crippen molar-refractivity contribution in [1.82, 2.24) is 4.98 Å². The van der Waals surface area contributed by atoms with Crippen LogP contribution in [0.3, 0.4) is 0 Å². The first-order valence-electron chi connectivity index (χ1n) is 6.13. The van der Waals surface area contributed by atoms with Gasteiger partial charge in [0.2, 0.25) is 5.91 Å². The van der Waals surface area contributed by atoms with Crippen LogP contribution >= 0.6 is 0 Å². The summed E-state index contributed by atoms with van der Waals surface area (Å²) in [6.07, 6.45) is 7.19. The number of aromatic nitrogens is 1. The summed E-state index contributed by atoms with van der Waals surface area (Å²) in [5, 5.41) is 2.90. The molecular formula is C13H19N3O. The molecule has 0 bridgehead atoms. The Morgan fingerprint density at radius 2 is 2.41 bits per heavy atom. The quantitative estimate of drug-likeness (QED) is 0.837. The number of pyridine rings is 1. The van der Waals surface area contributed by atoms with E-state index in [1.807, 2.05) is 13.0 Å². The first kappa shape index (κ1) is 12.0. The van der Waals surface area contributed by atoms with Crippen LogP contribution in [-0.2, 0) is 4.79 Å². The predicted octanol–water partition coefficient (Wildman–Crippen LogP) is 1.85. The average Bonchev–Trinajstić information content (AvgIpc) is 2.68. The number of nitrogens with two attached hydrogens (primary N) is 1. The molecule has 92 valence electrons. The average molecular weight is 233 g/mol. The van der Waals surface area contributed by atoms with Crippen molar-refractivity contribution in [3.05, 3.63) is 24.0 Å². The highest BCUT2D eigenvalue weighted by Crippen LogP contribution is 2.27. The molecule has 4 heteroatoms. The Labute approximate surface area is 102 Å². The van der Waals surface area contributed by atoms with Gasteiger partial charge < -0.3 is 11.1 Å². The molecule has 1 aliphatic rings. The SMILES string of the molecule is Cc1ccncc1NC(=O)C[C@@H]1CCC[C@H]1N. The summed E-state index contributed by atoms with van der Waals surface area (Å²) in [5.74, 6) is 0.385. The minimum atomic E-state index is 0.0449. The lowest BCUT2D eigenvalue weighted by molar-refractivity contribution is -0.117. The molecule has 3 N–H and O–H groups in total. The molecule has 1 heterocycles. The number of rotatable bonds is 3. The third-order valence-corrected chi connectivity index (χ3v) is 3.48. The molecule has 0 radical (unpaired) electrons. The Kier molecular flexibility index (Phi) is 3.74. The second-order valence-electron chi connectivity index (χ2n) is 4.80. The minimum absolute atomic E-state index is 0.0449. The molecule has 1 aromatic rings. The van der Waals surface area contributed by atoms with Gasteiger partial charge in [-0.2, -0.15) is 0 Å². The highest BCUT2D eigenvalue weighted by atomic mass is 16.1. The fraction of sp³-hybridized carbons (Fsp3) is 0.538. The number of amides is 1. The van der Waals surface area contributed by atoms with Crippen molar-refractivity contribution in [1.29, 1.82) is 0 Å². The lowest BCUT2D eigenvalue weighted by atomic mass is 10.00. The molecule has 1 aliphatic carbocycles. The lowest BCUT2D eigenvalue weighted by Crippen LogP contribution is -2.28. The fourth-order valence-electron chi connectivity index (χ4n) is 2.35. The molecule has 1 amide bonds. The van der Waals surface area contributed by atoms with Crippen molar-refractivity contribution >= 4 is 11.6 Å². The van der Waals surface area contributed by atoms with Crippen molar-refractivity contribution in [3.8, 4) is 0 Å². The van der Waals surface area contributed by atoms with Gasteiger partial charge in [-0.1, -0.05) is 6.42 Å². The molecular weight excluding hydrogens is 214 g/mol. The lowest BCUT2D eigenvalue weighted by Gasteiger charge is -2.15. The van der Waals surface area contributed by atoms with E-state index in [-0.39, 0.29) is 11.9 Å². The summed E-state index contributed by atoms with van der Waals surface area (Å²) in [7, 11) is 0. The summed E-state index contributed by atoms with van der Waals surface area (Å²) >= 11 is 0. The molecule has 2 atom stereocenters. The molecule has 0 aromatic carbocycles. The summed E-state index contributed by atoms with van der Waals surface area (Å²) in [4.78, 5) is 15.9. The second kappa shape index (κ2) is 5.27. The number of carbonyl (C=O) groups is 1. The Balaban J connectivity index is 1.91. The van der Waals surface area contributed by atoms with Crippen LogP contribution in [0.25, 0.3) is 0 Å². The van der Waals surface area contributed by atoms with Crippen LogP contribution in [0.2, 0.25) is 0 Å². The smallest absolute Gasteiger partial charge is 0.224 e. The standard InChI is InChI=1S/C13H19N3O/c1-9-5-6-15-8-12(9)16-13(17)7-10-3-2-4-11(10)14/h5-6,8,10-11H,2-4,7,14H2,1H3,(H,16,17)/t10-,11+/m0/s1. The van der Waals surface area contributed by atoms with Crippen LogP contribution < -0.4 is 11.1 Å².